The molecule has 0 aliphatic rings. The van der Waals surface area contributed by atoms with Gasteiger partial charge in [0.2, 0.25) is 0 Å². The van der Waals surface area contributed by atoms with Crippen molar-refractivity contribution in [2.45, 2.75) is 6.42 Å². The predicted molar refractivity (Wildman–Crippen MR) is 88.2 cm³/mol. The van der Waals surface area contributed by atoms with Crippen molar-refractivity contribution in [2.24, 2.45) is 0 Å². The number of amides is 1. The molecule has 0 saturated carbocycles. The van der Waals surface area contributed by atoms with Gasteiger partial charge in [-0.2, -0.15) is 0 Å². The molecule has 3 N–H and O–H groups in total. The molecule has 24 heavy (non-hydrogen) atoms. The zero-order valence-electron chi connectivity index (χ0n) is 12.7. The summed E-state index contributed by atoms with van der Waals surface area (Å²) in [5.41, 5.74) is 0.896. The van der Waals surface area contributed by atoms with Crippen molar-refractivity contribution in [3.8, 4) is 11.5 Å². The van der Waals surface area contributed by atoms with Gasteiger partial charge in [-0.15, -0.1) is 0 Å². The Morgan fingerprint density at radius 3 is 2.46 bits per heavy atom. The van der Waals surface area contributed by atoms with Gasteiger partial charge < -0.3 is 20.3 Å². The van der Waals surface area contributed by atoms with E-state index in [1.807, 2.05) is 12.1 Å². The first-order valence-electron chi connectivity index (χ1n) is 7.16. The van der Waals surface area contributed by atoms with Crippen LogP contribution in [0.15, 0.2) is 42.5 Å². The molecule has 1 amide bonds. The van der Waals surface area contributed by atoms with Gasteiger partial charge in [-0.25, -0.2) is 4.79 Å². The van der Waals surface area contributed by atoms with Gasteiger partial charge >= 0.3 is 5.97 Å². The normalized spacial score (nSPS) is 10.2. The molecular weight excluding hydrogens is 334 g/mol. The zero-order valence-corrected chi connectivity index (χ0v) is 13.4. The number of carbonyl (C=O) groups excluding carboxylic acids is 2. The summed E-state index contributed by atoms with van der Waals surface area (Å²) in [6.07, 6.45) is 0.621. The van der Waals surface area contributed by atoms with E-state index >= 15 is 0 Å². The third kappa shape index (κ3) is 5.17. The Bertz CT molecular complexity index is 730. The number of hydrogen-bond acceptors (Lipinski definition) is 5. The molecular formula is C17H16ClNO5. The van der Waals surface area contributed by atoms with Crippen molar-refractivity contribution in [3.63, 3.8) is 0 Å². The maximum Gasteiger partial charge on any atom is 0.342 e. The van der Waals surface area contributed by atoms with Gasteiger partial charge in [0, 0.05) is 17.6 Å². The van der Waals surface area contributed by atoms with E-state index < -0.39 is 24.2 Å². The van der Waals surface area contributed by atoms with E-state index in [1.165, 1.54) is 12.1 Å². The molecule has 0 bridgehead atoms. The Morgan fingerprint density at radius 2 is 1.79 bits per heavy atom. The van der Waals surface area contributed by atoms with Gasteiger partial charge in [0.05, 0.1) is 0 Å². The SMILES string of the molecule is O=C(COC(=O)c1ccc(O)cc1O)NCCc1ccc(Cl)cc1. The molecule has 0 heterocycles. The number of aromatic hydroxyl groups is 2. The van der Waals surface area contributed by atoms with Crippen LogP contribution in [0.3, 0.4) is 0 Å². The van der Waals surface area contributed by atoms with E-state index in [0.717, 1.165) is 11.6 Å². The molecule has 2 rings (SSSR count). The van der Waals surface area contributed by atoms with Crippen LogP contribution in [0.2, 0.25) is 5.02 Å². The maximum absolute atomic E-state index is 11.8. The highest BCUT2D eigenvalue weighted by molar-refractivity contribution is 6.30. The Balaban J connectivity index is 1.74. The molecule has 0 atom stereocenters. The van der Waals surface area contributed by atoms with E-state index in [4.69, 9.17) is 21.4 Å². The van der Waals surface area contributed by atoms with E-state index in [0.29, 0.717) is 18.0 Å². The Kier molecular flexibility index (Phi) is 6.03. The predicted octanol–water partition coefficient (Wildman–Crippen LogP) is 2.27. The fraction of sp³-hybridized carbons (Fsp3) is 0.176. The summed E-state index contributed by atoms with van der Waals surface area (Å²) >= 11 is 5.79. The minimum absolute atomic E-state index is 0.123. The van der Waals surface area contributed by atoms with Crippen LogP contribution in [0.1, 0.15) is 15.9 Å². The van der Waals surface area contributed by atoms with E-state index in [9.17, 15) is 14.7 Å². The summed E-state index contributed by atoms with van der Waals surface area (Å²) in [6, 6.07) is 10.7. The van der Waals surface area contributed by atoms with Crippen molar-refractivity contribution in [2.75, 3.05) is 13.2 Å². The van der Waals surface area contributed by atoms with Crippen LogP contribution in [-0.2, 0) is 16.0 Å². The van der Waals surface area contributed by atoms with Crippen molar-refractivity contribution in [3.05, 3.63) is 58.6 Å². The first-order valence-corrected chi connectivity index (χ1v) is 7.54. The second-order valence-electron chi connectivity index (χ2n) is 5.00. The van der Waals surface area contributed by atoms with E-state index in [1.54, 1.807) is 12.1 Å². The molecule has 2 aromatic carbocycles. The third-order valence-electron chi connectivity index (χ3n) is 3.18. The largest absolute Gasteiger partial charge is 0.508 e. The van der Waals surface area contributed by atoms with Gasteiger partial charge in [-0.3, -0.25) is 4.79 Å². The van der Waals surface area contributed by atoms with Gasteiger partial charge in [-0.05, 0) is 36.2 Å². The number of phenolic OH excluding ortho intramolecular Hbond substituents is 2. The summed E-state index contributed by atoms with van der Waals surface area (Å²) in [5.74, 6) is -1.89. The molecule has 0 unspecified atom stereocenters. The topological polar surface area (TPSA) is 95.9 Å². The lowest BCUT2D eigenvalue weighted by Crippen LogP contribution is -2.30. The number of ether oxygens (including phenoxy) is 1. The first kappa shape index (κ1) is 17.6. The van der Waals surface area contributed by atoms with Gasteiger partial charge in [0.25, 0.3) is 5.91 Å². The molecule has 2 aromatic rings. The smallest absolute Gasteiger partial charge is 0.342 e. The minimum atomic E-state index is -0.847. The second kappa shape index (κ2) is 8.21. The minimum Gasteiger partial charge on any atom is -0.508 e. The number of carbonyl (C=O) groups is 2. The number of rotatable bonds is 6. The standard InChI is InChI=1S/C17H16ClNO5/c18-12-3-1-11(2-4-12)7-8-19-16(22)10-24-17(23)14-6-5-13(20)9-15(14)21/h1-6,9,20-21H,7-8,10H2,(H,19,22). The molecule has 0 aromatic heterocycles. The number of halogens is 1. The maximum atomic E-state index is 11.8. The third-order valence-corrected chi connectivity index (χ3v) is 3.44. The molecule has 6 nitrogen and oxygen atoms in total. The Morgan fingerprint density at radius 1 is 1.08 bits per heavy atom. The fourth-order valence-electron chi connectivity index (χ4n) is 1.95. The van der Waals surface area contributed by atoms with Crippen LogP contribution in [-0.4, -0.2) is 35.2 Å². The van der Waals surface area contributed by atoms with Gasteiger partial charge in [0.1, 0.15) is 17.1 Å². The van der Waals surface area contributed by atoms with Crippen molar-refractivity contribution in [1.29, 1.82) is 0 Å². The lowest BCUT2D eigenvalue weighted by Gasteiger charge is -2.08. The highest BCUT2D eigenvalue weighted by Crippen LogP contribution is 2.23. The molecule has 126 valence electrons. The summed E-state index contributed by atoms with van der Waals surface area (Å²) in [6.45, 7) is -0.0672. The van der Waals surface area contributed by atoms with Crippen LogP contribution >= 0.6 is 11.6 Å². The summed E-state index contributed by atoms with van der Waals surface area (Å²) in [5, 5.41) is 22.0. The lowest BCUT2D eigenvalue weighted by molar-refractivity contribution is -0.124. The molecule has 0 aliphatic heterocycles. The lowest BCUT2D eigenvalue weighted by atomic mass is 10.1. The highest BCUT2D eigenvalue weighted by atomic mass is 35.5. The van der Waals surface area contributed by atoms with Gasteiger partial charge in [-0.1, -0.05) is 23.7 Å². The first-order chi connectivity index (χ1) is 11.5. The monoisotopic (exact) mass is 349 g/mol. The van der Waals surface area contributed by atoms with Crippen molar-refractivity contribution >= 4 is 23.5 Å². The zero-order chi connectivity index (χ0) is 17.5. The van der Waals surface area contributed by atoms with Crippen molar-refractivity contribution in [1.82, 2.24) is 5.32 Å². The molecule has 0 saturated heterocycles. The Labute approximate surface area is 143 Å². The Hall–Kier alpha value is -2.73. The summed E-state index contributed by atoms with van der Waals surface area (Å²) in [4.78, 5) is 23.4. The number of esters is 1. The van der Waals surface area contributed by atoms with Crippen LogP contribution in [0.4, 0.5) is 0 Å². The highest BCUT2D eigenvalue weighted by Gasteiger charge is 2.14. The molecule has 7 heteroatoms. The number of benzene rings is 2. The molecule has 0 spiro atoms. The van der Waals surface area contributed by atoms with Gasteiger partial charge in [0.15, 0.2) is 6.61 Å². The quantitative estimate of drug-likeness (QED) is 0.695. The van der Waals surface area contributed by atoms with Crippen LogP contribution in [0.25, 0.3) is 0 Å². The second-order valence-corrected chi connectivity index (χ2v) is 5.44. The summed E-state index contributed by atoms with van der Waals surface area (Å²) in [7, 11) is 0. The number of hydrogen-bond donors (Lipinski definition) is 3. The molecule has 0 fully saturated rings. The number of phenols is 2. The average molecular weight is 350 g/mol. The van der Waals surface area contributed by atoms with Crippen LogP contribution in [0.5, 0.6) is 11.5 Å². The molecule has 0 aliphatic carbocycles. The summed E-state index contributed by atoms with van der Waals surface area (Å²) < 4.78 is 4.82. The molecule has 0 radical (unpaired) electrons. The van der Waals surface area contributed by atoms with E-state index in [-0.39, 0.29) is 11.3 Å². The average Bonchev–Trinajstić information content (AvgIpc) is 2.54. The number of nitrogens with one attached hydrogen (secondary N) is 1. The van der Waals surface area contributed by atoms with E-state index in [2.05, 4.69) is 5.32 Å². The fourth-order valence-corrected chi connectivity index (χ4v) is 2.08. The van der Waals surface area contributed by atoms with Crippen LogP contribution in [0, 0.1) is 0 Å². The van der Waals surface area contributed by atoms with Crippen LogP contribution < -0.4 is 5.32 Å². The van der Waals surface area contributed by atoms with Crippen molar-refractivity contribution < 1.29 is 24.5 Å².